The third-order valence-electron chi connectivity index (χ3n) is 3.56. The Morgan fingerprint density at radius 1 is 0.955 bits per heavy atom. The Hall–Kier alpha value is -0.940. The van der Waals surface area contributed by atoms with Gasteiger partial charge in [0.2, 0.25) is 0 Å². The SMILES string of the molecule is C=CC(C/C=C\CC/C=C/COCC1CO1)COCC1CO1. The van der Waals surface area contributed by atoms with Crippen LogP contribution in [0.15, 0.2) is 37.0 Å². The van der Waals surface area contributed by atoms with E-state index in [0.717, 1.165) is 45.7 Å². The van der Waals surface area contributed by atoms with E-state index in [1.165, 1.54) is 0 Å². The van der Waals surface area contributed by atoms with Crippen molar-refractivity contribution in [2.45, 2.75) is 31.5 Å². The zero-order valence-electron chi connectivity index (χ0n) is 13.3. The molecule has 4 nitrogen and oxygen atoms in total. The number of hydrogen-bond donors (Lipinski definition) is 0. The van der Waals surface area contributed by atoms with Crippen LogP contribution in [0.25, 0.3) is 0 Å². The molecule has 0 spiro atoms. The Morgan fingerprint density at radius 3 is 2.23 bits per heavy atom. The van der Waals surface area contributed by atoms with Crippen molar-refractivity contribution in [3.05, 3.63) is 37.0 Å². The molecule has 124 valence electrons. The number of ether oxygens (including phenoxy) is 4. The average molecular weight is 308 g/mol. The summed E-state index contributed by atoms with van der Waals surface area (Å²) in [7, 11) is 0. The topological polar surface area (TPSA) is 43.5 Å². The van der Waals surface area contributed by atoms with Crippen LogP contribution in [0.5, 0.6) is 0 Å². The summed E-state index contributed by atoms with van der Waals surface area (Å²) in [6, 6.07) is 0. The fourth-order valence-electron chi connectivity index (χ4n) is 1.95. The molecule has 0 saturated carbocycles. The van der Waals surface area contributed by atoms with E-state index in [9.17, 15) is 0 Å². The Bertz CT molecular complexity index is 356. The van der Waals surface area contributed by atoms with E-state index < -0.39 is 0 Å². The van der Waals surface area contributed by atoms with Gasteiger partial charge >= 0.3 is 0 Å². The fourth-order valence-corrected chi connectivity index (χ4v) is 1.95. The minimum absolute atomic E-state index is 0.341. The van der Waals surface area contributed by atoms with E-state index in [4.69, 9.17) is 18.9 Å². The lowest BCUT2D eigenvalue weighted by atomic mass is 10.1. The van der Waals surface area contributed by atoms with Gasteiger partial charge in [-0.1, -0.05) is 30.4 Å². The average Bonchev–Trinajstić information content (AvgIpc) is 3.41. The molecule has 2 saturated heterocycles. The van der Waals surface area contributed by atoms with Gasteiger partial charge < -0.3 is 18.9 Å². The summed E-state index contributed by atoms with van der Waals surface area (Å²) in [4.78, 5) is 0. The summed E-state index contributed by atoms with van der Waals surface area (Å²) in [5, 5.41) is 0. The minimum atomic E-state index is 0.341. The van der Waals surface area contributed by atoms with Gasteiger partial charge in [0.05, 0.1) is 39.6 Å². The number of epoxide rings is 2. The highest BCUT2D eigenvalue weighted by Gasteiger charge is 2.22. The lowest BCUT2D eigenvalue weighted by Crippen LogP contribution is -2.09. The van der Waals surface area contributed by atoms with Gasteiger partial charge in [-0.2, -0.15) is 0 Å². The molecule has 0 aromatic heterocycles. The molecule has 3 unspecified atom stereocenters. The monoisotopic (exact) mass is 308 g/mol. The Balaban J connectivity index is 1.39. The Morgan fingerprint density at radius 2 is 1.59 bits per heavy atom. The van der Waals surface area contributed by atoms with Crippen molar-refractivity contribution >= 4 is 0 Å². The second-order valence-electron chi connectivity index (χ2n) is 5.74. The van der Waals surface area contributed by atoms with Gasteiger partial charge in [-0.05, 0) is 19.3 Å². The molecule has 2 aliphatic rings. The Labute approximate surface area is 133 Å². The van der Waals surface area contributed by atoms with Crippen LogP contribution in [-0.4, -0.2) is 51.8 Å². The van der Waals surface area contributed by atoms with Gasteiger partial charge in [-0.3, -0.25) is 0 Å². The van der Waals surface area contributed by atoms with E-state index >= 15 is 0 Å². The van der Waals surface area contributed by atoms with Crippen molar-refractivity contribution in [1.29, 1.82) is 0 Å². The first-order valence-electron chi connectivity index (χ1n) is 8.19. The molecule has 0 amide bonds. The molecular formula is C18H28O4. The maximum Gasteiger partial charge on any atom is 0.104 e. The van der Waals surface area contributed by atoms with Crippen LogP contribution in [0.2, 0.25) is 0 Å². The summed E-state index contributed by atoms with van der Waals surface area (Å²) in [6.45, 7) is 8.44. The van der Waals surface area contributed by atoms with Crippen LogP contribution in [0.1, 0.15) is 19.3 Å². The minimum Gasteiger partial charge on any atom is -0.378 e. The van der Waals surface area contributed by atoms with Crippen LogP contribution in [0.3, 0.4) is 0 Å². The van der Waals surface area contributed by atoms with E-state index in [-0.39, 0.29) is 0 Å². The summed E-state index contributed by atoms with van der Waals surface area (Å²) >= 11 is 0. The lowest BCUT2D eigenvalue weighted by Gasteiger charge is -2.09. The van der Waals surface area contributed by atoms with Gasteiger partial charge in [0, 0.05) is 5.92 Å². The molecule has 22 heavy (non-hydrogen) atoms. The molecule has 2 aliphatic heterocycles. The Kier molecular flexibility index (Phi) is 8.49. The summed E-state index contributed by atoms with van der Waals surface area (Å²) in [5.74, 6) is 0.392. The zero-order valence-corrected chi connectivity index (χ0v) is 13.3. The van der Waals surface area contributed by atoms with Gasteiger partial charge in [-0.15, -0.1) is 6.58 Å². The van der Waals surface area contributed by atoms with Crippen LogP contribution in [-0.2, 0) is 18.9 Å². The standard InChI is InChI=1S/C18H28O4/c1-2-16(11-20-13-18-15-22-18)9-7-5-3-4-6-8-10-19-12-17-14-21-17/h2,5-8,16-18H,1,3-4,9-15H2/b7-5-,8-6+. The van der Waals surface area contributed by atoms with E-state index in [1.54, 1.807) is 0 Å². The van der Waals surface area contributed by atoms with Crippen LogP contribution >= 0.6 is 0 Å². The van der Waals surface area contributed by atoms with E-state index in [1.807, 2.05) is 6.08 Å². The van der Waals surface area contributed by atoms with Crippen molar-refractivity contribution in [1.82, 2.24) is 0 Å². The molecule has 0 N–H and O–H groups in total. The largest absolute Gasteiger partial charge is 0.378 e. The molecule has 0 radical (unpaired) electrons. The molecule has 4 heteroatoms. The number of allylic oxidation sites excluding steroid dienone is 3. The van der Waals surface area contributed by atoms with Gasteiger partial charge in [0.15, 0.2) is 0 Å². The van der Waals surface area contributed by atoms with Gasteiger partial charge in [0.1, 0.15) is 12.2 Å². The summed E-state index contributed by atoms with van der Waals surface area (Å²) in [6.07, 6.45) is 14.5. The van der Waals surface area contributed by atoms with Crippen molar-refractivity contribution in [2.75, 3.05) is 39.6 Å². The molecule has 0 aromatic rings. The first-order valence-corrected chi connectivity index (χ1v) is 8.19. The molecule has 0 aliphatic carbocycles. The first kappa shape index (κ1) is 17.4. The van der Waals surface area contributed by atoms with Crippen molar-refractivity contribution in [2.24, 2.45) is 5.92 Å². The van der Waals surface area contributed by atoms with E-state index in [0.29, 0.717) is 31.3 Å². The molecule has 3 atom stereocenters. The van der Waals surface area contributed by atoms with Gasteiger partial charge in [0.25, 0.3) is 0 Å². The quantitative estimate of drug-likeness (QED) is 0.281. The molecule has 2 heterocycles. The van der Waals surface area contributed by atoms with Crippen molar-refractivity contribution in [3.8, 4) is 0 Å². The second kappa shape index (κ2) is 10.7. The third-order valence-corrected chi connectivity index (χ3v) is 3.56. The van der Waals surface area contributed by atoms with Gasteiger partial charge in [-0.25, -0.2) is 0 Å². The molecule has 0 bridgehead atoms. The van der Waals surface area contributed by atoms with Crippen LogP contribution in [0.4, 0.5) is 0 Å². The summed E-state index contributed by atoms with van der Waals surface area (Å²) < 4.78 is 21.2. The molecular weight excluding hydrogens is 280 g/mol. The zero-order chi connectivity index (χ0) is 15.5. The van der Waals surface area contributed by atoms with Crippen LogP contribution in [0, 0.1) is 5.92 Å². The highest BCUT2D eigenvalue weighted by Crippen LogP contribution is 2.12. The third kappa shape index (κ3) is 9.15. The highest BCUT2D eigenvalue weighted by molar-refractivity contribution is 4.92. The van der Waals surface area contributed by atoms with E-state index in [2.05, 4.69) is 30.9 Å². The summed E-state index contributed by atoms with van der Waals surface area (Å²) in [5.41, 5.74) is 0. The second-order valence-corrected chi connectivity index (χ2v) is 5.74. The van der Waals surface area contributed by atoms with Crippen molar-refractivity contribution in [3.63, 3.8) is 0 Å². The predicted octanol–water partition coefficient (Wildman–Crippen LogP) is 2.90. The predicted molar refractivity (Wildman–Crippen MR) is 86.9 cm³/mol. The smallest absolute Gasteiger partial charge is 0.104 e. The molecule has 2 fully saturated rings. The van der Waals surface area contributed by atoms with Crippen LogP contribution < -0.4 is 0 Å². The number of hydrogen-bond acceptors (Lipinski definition) is 4. The number of unbranched alkanes of at least 4 members (excludes halogenated alkanes) is 1. The molecule has 0 aromatic carbocycles. The molecule has 2 rings (SSSR count). The highest BCUT2D eigenvalue weighted by atomic mass is 16.6. The lowest BCUT2D eigenvalue weighted by molar-refractivity contribution is 0.0980. The maximum absolute atomic E-state index is 5.60. The number of rotatable bonds is 14. The first-order chi connectivity index (χ1) is 10.9. The normalized spacial score (nSPS) is 24.9. The fraction of sp³-hybridized carbons (Fsp3) is 0.667. The van der Waals surface area contributed by atoms with Crippen molar-refractivity contribution < 1.29 is 18.9 Å². The maximum atomic E-state index is 5.60.